The van der Waals surface area contributed by atoms with Gasteiger partial charge in [0, 0.05) is 49.2 Å². The molecule has 2 aliphatic heterocycles. The Morgan fingerprint density at radius 2 is 2.17 bits per heavy atom. The van der Waals surface area contributed by atoms with Gasteiger partial charge < -0.3 is 25.0 Å². The minimum atomic E-state index is -1.15. The number of halogens is 1. The summed E-state index contributed by atoms with van der Waals surface area (Å²) >= 11 is 0. The van der Waals surface area contributed by atoms with Crippen LogP contribution in [-0.2, 0) is 13.0 Å². The number of nitrogens with one attached hydrogen (secondary N) is 2. The van der Waals surface area contributed by atoms with E-state index in [1.54, 1.807) is 36.5 Å². The number of alkyl halides is 1. The van der Waals surface area contributed by atoms with E-state index in [1.807, 2.05) is 24.3 Å². The number of benzene rings is 1. The second-order valence-corrected chi connectivity index (χ2v) is 8.52. The number of fused-ring (bicyclic) bond motifs is 1. The van der Waals surface area contributed by atoms with Gasteiger partial charge in [0.2, 0.25) is 5.88 Å². The quantitative estimate of drug-likeness (QED) is 0.581. The zero-order valence-electron chi connectivity index (χ0n) is 19.4. The Labute approximate surface area is 202 Å². The van der Waals surface area contributed by atoms with Crippen molar-refractivity contribution >= 4 is 11.7 Å². The predicted molar refractivity (Wildman–Crippen MR) is 128 cm³/mol. The number of hydrogen-bond donors (Lipinski definition) is 2. The standard InChI is InChI=1S/C25H27FN6O3/c1-34-18-6-2-5-17(12-18)29-25(33)32-11-8-21-19(15-32)24(35-22-7-10-28-14-20(22)26)31-23(30-21)16-4-3-9-27-13-16/h2-6,9,12-13,20,22,28H,7-8,10-11,14-15H2,1H3,(H,29,33)/t20-,22+/m1/s1. The number of aromatic nitrogens is 3. The third-order valence-electron chi connectivity index (χ3n) is 6.16. The molecule has 0 bridgehead atoms. The minimum absolute atomic E-state index is 0.239. The predicted octanol–water partition coefficient (Wildman–Crippen LogP) is 3.22. The van der Waals surface area contributed by atoms with E-state index in [0.717, 1.165) is 11.3 Å². The average molecular weight is 479 g/mol. The number of anilines is 1. The Bertz CT molecular complexity index is 1200. The summed E-state index contributed by atoms with van der Waals surface area (Å²) in [6.07, 6.45) is 2.66. The van der Waals surface area contributed by atoms with Crippen molar-refractivity contribution in [2.75, 3.05) is 32.1 Å². The maximum absolute atomic E-state index is 14.6. The lowest BCUT2D eigenvalue weighted by Gasteiger charge is -2.32. The molecule has 3 aromatic rings. The lowest BCUT2D eigenvalue weighted by Crippen LogP contribution is -2.45. The van der Waals surface area contributed by atoms with Crippen molar-refractivity contribution < 1.29 is 18.7 Å². The SMILES string of the molecule is COc1cccc(NC(=O)N2CCc3nc(-c4cccnc4)nc(O[C@H]4CCNC[C@H]4F)c3C2)c1. The zero-order chi connectivity index (χ0) is 24.2. The van der Waals surface area contributed by atoms with Gasteiger partial charge >= 0.3 is 6.03 Å². The normalized spacial score (nSPS) is 19.5. The van der Waals surface area contributed by atoms with Gasteiger partial charge in [0.1, 0.15) is 18.0 Å². The number of nitrogens with zero attached hydrogens (tertiary/aromatic N) is 4. The second-order valence-electron chi connectivity index (χ2n) is 8.52. The van der Waals surface area contributed by atoms with Crippen LogP contribution >= 0.6 is 0 Å². The van der Waals surface area contributed by atoms with Crippen molar-refractivity contribution in [3.63, 3.8) is 0 Å². The van der Waals surface area contributed by atoms with E-state index in [9.17, 15) is 9.18 Å². The van der Waals surface area contributed by atoms with Crippen LogP contribution in [0.5, 0.6) is 11.6 Å². The summed E-state index contributed by atoms with van der Waals surface area (Å²) in [6, 6.07) is 10.6. The summed E-state index contributed by atoms with van der Waals surface area (Å²) in [5.74, 6) is 1.45. The fourth-order valence-electron chi connectivity index (χ4n) is 4.25. The molecule has 182 valence electrons. The van der Waals surface area contributed by atoms with E-state index in [0.29, 0.717) is 54.6 Å². The molecule has 35 heavy (non-hydrogen) atoms. The first-order valence-corrected chi connectivity index (χ1v) is 11.6. The molecule has 1 aromatic carbocycles. The van der Waals surface area contributed by atoms with Crippen LogP contribution in [0.4, 0.5) is 14.9 Å². The molecule has 2 aromatic heterocycles. The molecular weight excluding hydrogens is 451 g/mol. The first kappa shape index (κ1) is 23.0. The maximum atomic E-state index is 14.6. The van der Waals surface area contributed by atoms with Crippen LogP contribution < -0.4 is 20.1 Å². The Balaban J connectivity index is 1.42. The van der Waals surface area contributed by atoms with Crippen molar-refractivity contribution in [3.05, 3.63) is 60.0 Å². The number of carbonyl (C=O) groups is 1. The Morgan fingerprint density at radius 3 is 2.97 bits per heavy atom. The number of rotatable bonds is 5. The molecule has 0 saturated carbocycles. The van der Waals surface area contributed by atoms with Crippen LogP contribution in [0.3, 0.4) is 0 Å². The third-order valence-corrected chi connectivity index (χ3v) is 6.16. The summed E-state index contributed by atoms with van der Waals surface area (Å²) in [4.78, 5) is 28.3. The monoisotopic (exact) mass is 478 g/mol. The first-order chi connectivity index (χ1) is 17.1. The van der Waals surface area contributed by atoms with Crippen LogP contribution in [-0.4, -0.2) is 64.9 Å². The van der Waals surface area contributed by atoms with Crippen LogP contribution in [0.15, 0.2) is 48.8 Å². The lowest BCUT2D eigenvalue weighted by atomic mass is 10.1. The molecule has 1 fully saturated rings. The maximum Gasteiger partial charge on any atom is 0.322 e. The highest BCUT2D eigenvalue weighted by Crippen LogP contribution is 2.31. The van der Waals surface area contributed by atoms with E-state index < -0.39 is 12.3 Å². The van der Waals surface area contributed by atoms with E-state index in [-0.39, 0.29) is 19.1 Å². The van der Waals surface area contributed by atoms with Crippen LogP contribution in [0.2, 0.25) is 0 Å². The van der Waals surface area contributed by atoms with E-state index in [2.05, 4.69) is 20.6 Å². The van der Waals surface area contributed by atoms with Gasteiger partial charge in [-0.3, -0.25) is 4.98 Å². The van der Waals surface area contributed by atoms with Gasteiger partial charge in [-0.2, -0.15) is 4.98 Å². The topological polar surface area (TPSA) is 102 Å². The Morgan fingerprint density at radius 1 is 1.26 bits per heavy atom. The van der Waals surface area contributed by atoms with Crippen LogP contribution in [0.1, 0.15) is 17.7 Å². The average Bonchev–Trinajstić information content (AvgIpc) is 2.90. The molecule has 2 atom stereocenters. The van der Waals surface area contributed by atoms with Gasteiger partial charge in [-0.15, -0.1) is 0 Å². The summed E-state index contributed by atoms with van der Waals surface area (Å²) in [5.41, 5.74) is 2.88. The number of amides is 2. The minimum Gasteiger partial charge on any atom is -0.497 e. The van der Waals surface area contributed by atoms with Crippen LogP contribution in [0.25, 0.3) is 11.4 Å². The van der Waals surface area contributed by atoms with Gasteiger partial charge in [-0.1, -0.05) is 6.07 Å². The summed E-state index contributed by atoms with van der Waals surface area (Å²) in [7, 11) is 1.58. The molecule has 2 amide bonds. The molecule has 0 spiro atoms. The Hall–Kier alpha value is -3.79. The fraction of sp³-hybridized carbons (Fsp3) is 0.360. The first-order valence-electron chi connectivity index (χ1n) is 11.6. The molecule has 0 unspecified atom stereocenters. The number of urea groups is 1. The molecule has 2 N–H and O–H groups in total. The molecule has 2 aliphatic rings. The van der Waals surface area contributed by atoms with Gasteiger partial charge in [0.15, 0.2) is 5.82 Å². The molecule has 5 rings (SSSR count). The van der Waals surface area contributed by atoms with E-state index in [4.69, 9.17) is 14.5 Å². The number of methoxy groups -OCH3 is 1. The summed E-state index contributed by atoms with van der Waals surface area (Å²) in [6.45, 7) is 1.64. The second kappa shape index (κ2) is 10.2. The van der Waals surface area contributed by atoms with Crippen molar-refractivity contribution in [1.82, 2.24) is 25.2 Å². The summed E-state index contributed by atoms with van der Waals surface area (Å²) in [5, 5.41) is 5.95. The van der Waals surface area contributed by atoms with Gasteiger partial charge in [-0.05, 0) is 37.2 Å². The molecule has 9 nitrogen and oxygen atoms in total. The van der Waals surface area contributed by atoms with Crippen molar-refractivity contribution in [1.29, 1.82) is 0 Å². The largest absolute Gasteiger partial charge is 0.497 e. The Kier molecular flexibility index (Phi) is 6.71. The van der Waals surface area contributed by atoms with Crippen molar-refractivity contribution in [2.24, 2.45) is 0 Å². The number of hydrogen-bond acceptors (Lipinski definition) is 7. The van der Waals surface area contributed by atoms with E-state index in [1.165, 1.54) is 0 Å². The molecule has 0 radical (unpaired) electrons. The number of pyridine rings is 1. The lowest BCUT2D eigenvalue weighted by molar-refractivity contribution is 0.0674. The van der Waals surface area contributed by atoms with Gasteiger partial charge in [-0.25, -0.2) is 14.2 Å². The van der Waals surface area contributed by atoms with Gasteiger partial charge in [0.25, 0.3) is 0 Å². The fourth-order valence-corrected chi connectivity index (χ4v) is 4.25. The number of carbonyl (C=O) groups excluding carboxylic acids is 1. The van der Waals surface area contributed by atoms with Crippen LogP contribution in [0, 0.1) is 0 Å². The molecule has 4 heterocycles. The highest BCUT2D eigenvalue weighted by Gasteiger charge is 2.31. The summed E-state index contributed by atoms with van der Waals surface area (Å²) < 4.78 is 26.0. The number of piperidine rings is 1. The molecule has 10 heteroatoms. The highest BCUT2D eigenvalue weighted by atomic mass is 19.1. The zero-order valence-corrected chi connectivity index (χ0v) is 19.4. The highest BCUT2D eigenvalue weighted by molar-refractivity contribution is 5.89. The molecular formula is C25H27FN6O3. The number of ether oxygens (including phenoxy) is 2. The molecule has 1 saturated heterocycles. The smallest absolute Gasteiger partial charge is 0.322 e. The third kappa shape index (κ3) is 5.17. The molecule has 0 aliphatic carbocycles. The van der Waals surface area contributed by atoms with Gasteiger partial charge in [0.05, 0.1) is 24.9 Å². The van der Waals surface area contributed by atoms with E-state index >= 15 is 0 Å². The van der Waals surface area contributed by atoms with Crippen molar-refractivity contribution in [3.8, 4) is 23.0 Å². The van der Waals surface area contributed by atoms with Crippen molar-refractivity contribution in [2.45, 2.75) is 31.7 Å².